The van der Waals surface area contributed by atoms with Crippen LogP contribution in [0.2, 0.25) is 0 Å². The lowest BCUT2D eigenvalue weighted by atomic mass is 10.1. The van der Waals surface area contributed by atoms with E-state index in [4.69, 9.17) is 0 Å². The van der Waals surface area contributed by atoms with E-state index >= 15 is 0 Å². The molecule has 6 heteroatoms. The lowest BCUT2D eigenvalue weighted by Gasteiger charge is -2.14. The summed E-state index contributed by atoms with van der Waals surface area (Å²) in [5, 5.41) is 7.36. The fraction of sp³-hybridized carbons (Fsp3) is 0.348. The van der Waals surface area contributed by atoms with Crippen LogP contribution in [0.3, 0.4) is 0 Å². The lowest BCUT2D eigenvalue weighted by molar-refractivity contribution is 0.0937. The molecule has 3 aromatic rings. The number of aromatic nitrogens is 1. The third-order valence-corrected chi connectivity index (χ3v) is 6.38. The Kier molecular flexibility index (Phi) is 5.83. The zero-order chi connectivity index (χ0) is 20.4. The SMILES string of the molecule is Cc1c(C(=O)N[C@H]2CCN(C)C2)cc(-c2ccsc2)n1CCc1ccc(F)cc1. The zero-order valence-corrected chi connectivity index (χ0v) is 17.6. The molecule has 1 aliphatic rings. The highest BCUT2D eigenvalue weighted by molar-refractivity contribution is 7.08. The Morgan fingerprint density at radius 1 is 1.28 bits per heavy atom. The number of carbonyl (C=O) groups excluding carboxylic acids is 1. The maximum atomic E-state index is 13.2. The normalized spacial score (nSPS) is 17.0. The Bertz CT molecular complexity index is 978. The van der Waals surface area contributed by atoms with Crippen LogP contribution in [-0.4, -0.2) is 41.6 Å². The molecule has 0 spiro atoms. The van der Waals surface area contributed by atoms with E-state index in [0.29, 0.717) is 0 Å². The number of amides is 1. The van der Waals surface area contributed by atoms with E-state index in [2.05, 4.69) is 38.7 Å². The molecule has 0 saturated carbocycles. The number of likely N-dealkylation sites (N-methyl/N-ethyl adjacent to an activating group) is 1. The quantitative estimate of drug-likeness (QED) is 0.655. The van der Waals surface area contributed by atoms with Crippen molar-refractivity contribution in [1.82, 2.24) is 14.8 Å². The standard InChI is InChI=1S/C23H26FN3OS/c1-16-21(23(28)25-20-8-10-26(2)14-20)13-22(18-9-12-29-15-18)27(16)11-7-17-3-5-19(24)6-4-17/h3-6,9,12-13,15,20H,7-8,10-11,14H2,1-2H3,(H,25,28)/t20-/m0/s1. The number of likely N-dealkylation sites (tertiary alicyclic amines) is 1. The monoisotopic (exact) mass is 411 g/mol. The van der Waals surface area contributed by atoms with E-state index in [9.17, 15) is 9.18 Å². The number of halogens is 1. The summed E-state index contributed by atoms with van der Waals surface area (Å²) in [4.78, 5) is 15.2. The first-order valence-corrected chi connectivity index (χ1v) is 10.9. The summed E-state index contributed by atoms with van der Waals surface area (Å²) in [6, 6.07) is 10.9. The van der Waals surface area contributed by atoms with Crippen molar-refractivity contribution in [2.75, 3.05) is 20.1 Å². The van der Waals surface area contributed by atoms with Gasteiger partial charge in [0.05, 0.1) is 5.56 Å². The van der Waals surface area contributed by atoms with Crippen LogP contribution in [-0.2, 0) is 13.0 Å². The summed E-state index contributed by atoms with van der Waals surface area (Å²) < 4.78 is 15.4. The van der Waals surface area contributed by atoms with Gasteiger partial charge in [0.15, 0.2) is 0 Å². The number of carbonyl (C=O) groups is 1. The van der Waals surface area contributed by atoms with Crippen LogP contribution in [0.1, 0.15) is 28.0 Å². The molecule has 1 atom stereocenters. The molecule has 1 aromatic carbocycles. The third kappa shape index (κ3) is 4.43. The van der Waals surface area contributed by atoms with E-state index in [1.54, 1.807) is 11.3 Å². The van der Waals surface area contributed by atoms with E-state index < -0.39 is 0 Å². The molecule has 4 nitrogen and oxygen atoms in total. The number of benzene rings is 1. The number of rotatable bonds is 6. The summed E-state index contributed by atoms with van der Waals surface area (Å²) in [5.74, 6) is -0.221. The van der Waals surface area contributed by atoms with Crippen molar-refractivity contribution in [3.8, 4) is 11.3 Å². The van der Waals surface area contributed by atoms with Crippen molar-refractivity contribution >= 4 is 17.2 Å². The van der Waals surface area contributed by atoms with E-state index in [0.717, 1.165) is 60.6 Å². The van der Waals surface area contributed by atoms with Crippen LogP contribution in [0.4, 0.5) is 4.39 Å². The predicted octanol–water partition coefficient (Wildman–Crippen LogP) is 4.34. The van der Waals surface area contributed by atoms with Crippen molar-refractivity contribution < 1.29 is 9.18 Å². The van der Waals surface area contributed by atoms with Crippen molar-refractivity contribution in [1.29, 1.82) is 0 Å². The topological polar surface area (TPSA) is 37.3 Å². The Morgan fingerprint density at radius 3 is 2.72 bits per heavy atom. The van der Waals surface area contributed by atoms with Gasteiger partial charge in [-0.3, -0.25) is 4.79 Å². The highest BCUT2D eigenvalue weighted by atomic mass is 32.1. The van der Waals surface area contributed by atoms with E-state index in [-0.39, 0.29) is 17.8 Å². The second-order valence-electron chi connectivity index (χ2n) is 7.79. The first-order chi connectivity index (χ1) is 14.0. The Balaban J connectivity index is 1.58. The van der Waals surface area contributed by atoms with Crippen LogP contribution >= 0.6 is 11.3 Å². The van der Waals surface area contributed by atoms with Gasteiger partial charge in [-0.25, -0.2) is 4.39 Å². The minimum absolute atomic E-state index is 0.000174. The van der Waals surface area contributed by atoms with Gasteiger partial charge in [0.2, 0.25) is 0 Å². The molecule has 4 rings (SSSR count). The molecular weight excluding hydrogens is 385 g/mol. The summed E-state index contributed by atoms with van der Waals surface area (Å²) in [5.41, 5.74) is 4.96. The largest absolute Gasteiger partial charge is 0.348 e. The molecule has 152 valence electrons. The van der Waals surface area contributed by atoms with E-state index in [1.807, 2.05) is 25.1 Å². The summed E-state index contributed by atoms with van der Waals surface area (Å²) in [6.07, 6.45) is 1.77. The highest BCUT2D eigenvalue weighted by Gasteiger charge is 2.24. The number of thiophene rings is 1. The van der Waals surface area contributed by atoms with Crippen molar-refractivity contribution in [2.24, 2.45) is 0 Å². The summed E-state index contributed by atoms with van der Waals surface area (Å²) in [6.45, 7) is 4.66. The average Bonchev–Trinajstić information content (AvgIpc) is 3.42. The Hall–Kier alpha value is -2.44. The molecule has 0 bridgehead atoms. The zero-order valence-electron chi connectivity index (χ0n) is 16.8. The summed E-state index contributed by atoms with van der Waals surface area (Å²) in [7, 11) is 2.08. The lowest BCUT2D eigenvalue weighted by Crippen LogP contribution is -2.36. The fourth-order valence-corrected chi connectivity index (χ4v) is 4.67. The molecule has 1 saturated heterocycles. The molecule has 29 heavy (non-hydrogen) atoms. The number of aryl methyl sites for hydroxylation is 1. The smallest absolute Gasteiger partial charge is 0.253 e. The molecule has 1 fully saturated rings. The van der Waals surface area contributed by atoms with Crippen molar-refractivity contribution in [3.63, 3.8) is 0 Å². The minimum atomic E-state index is -0.221. The van der Waals surface area contributed by atoms with Gasteiger partial charge in [0.25, 0.3) is 5.91 Å². The van der Waals surface area contributed by atoms with Crippen LogP contribution < -0.4 is 5.32 Å². The molecule has 0 radical (unpaired) electrons. The molecule has 3 heterocycles. The summed E-state index contributed by atoms with van der Waals surface area (Å²) >= 11 is 1.65. The van der Waals surface area contributed by atoms with E-state index in [1.165, 1.54) is 12.1 Å². The van der Waals surface area contributed by atoms with Gasteiger partial charge in [-0.05, 0) is 68.6 Å². The number of nitrogens with one attached hydrogen (secondary N) is 1. The van der Waals surface area contributed by atoms with Crippen LogP contribution in [0.5, 0.6) is 0 Å². The Morgan fingerprint density at radius 2 is 2.07 bits per heavy atom. The number of hydrogen-bond acceptors (Lipinski definition) is 3. The van der Waals surface area contributed by atoms with Gasteiger partial charge >= 0.3 is 0 Å². The first kappa shape index (κ1) is 19.9. The first-order valence-electron chi connectivity index (χ1n) is 9.98. The molecule has 1 amide bonds. The molecule has 1 aliphatic heterocycles. The highest BCUT2D eigenvalue weighted by Crippen LogP contribution is 2.28. The third-order valence-electron chi connectivity index (χ3n) is 5.69. The Labute approximate surface area is 175 Å². The maximum absolute atomic E-state index is 13.2. The van der Waals surface area contributed by atoms with Crippen LogP contribution in [0.25, 0.3) is 11.3 Å². The van der Waals surface area contributed by atoms with Gasteiger partial charge in [-0.15, -0.1) is 0 Å². The molecule has 0 aliphatic carbocycles. The average molecular weight is 412 g/mol. The minimum Gasteiger partial charge on any atom is -0.348 e. The van der Waals surface area contributed by atoms with Crippen LogP contribution in [0, 0.1) is 12.7 Å². The molecule has 0 unspecified atom stereocenters. The van der Waals surface area contributed by atoms with Gasteiger partial charge in [0.1, 0.15) is 5.82 Å². The van der Waals surface area contributed by atoms with Gasteiger partial charge in [0, 0.05) is 41.5 Å². The maximum Gasteiger partial charge on any atom is 0.253 e. The van der Waals surface area contributed by atoms with Crippen molar-refractivity contribution in [2.45, 2.75) is 32.4 Å². The van der Waals surface area contributed by atoms with Gasteiger partial charge in [-0.1, -0.05) is 12.1 Å². The second kappa shape index (κ2) is 8.51. The van der Waals surface area contributed by atoms with Crippen molar-refractivity contribution in [3.05, 3.63) is 69.8 Å². The second-order valence-corrected chi connectivity index (χ2v) is 8.57. The molecule has 2 aromatic heterocycles. The molecule has 1 N–H and O–H groups in total. The number of nitrogens with zero attached hydrogens (tertiary/aromatic N) is 2. The van der Waals surface area contributed by atoms with Gasteiger partial charge in [-0.2, -0.15) is 11.3 Å². The van der Waals surface area contributed by atoms with Gasteiger partial charge < -0.3 is 14.8 Å². The number of hydrogen-bond donors (Lipinski definition) is 1. The fourth-order valence-electron chi connectivity index (χ4n) is 4.02. The predicted molar refractivity (Wildman–Crippen MR) is 116 cm³/mol. The van der Waals surface area contributed by atoms with Crippen LogP contribution in [0.15, 0.2) is 47.2 Å². The molecular formula is C23H26FN3OS.